The van der Waals surface area contributed by atoms with Crippen molar-refractivity contribution in [1.29, 1.82) is 0 Å². The number of nitrogens with zero attached hydrogens (tertiary/aromatic N) is 1. The molecule has 0 bridgehead atoms. The van der Waals surface area contributed by atoms with E-state index in [1.165, 1.54) is 15.7 Å². The Morgan fingerprint density at radius 3 is 2.38 bits per heavy atom. The molecule has 58 heavy (non-hydrogen) atoms. The Bertz CT molecular complexity index is 1890. The third-order valence-electron chi connectivity index (χ3n) is 9.96. The van der Waals surface area contributed by atoms with E-state index in [1.807, 2.05) is 18.2 Å². The molecule has 0 spiro atoms. The van der Waals surface area contributed by atoms with Crippen molar-refractivity contribution in [2.45, 2.75) is 75.3 Å². The Labute approximate surface area is 340 Å². The Balaban J connectivity index is 1.41. The second-order valence-corrected chi connectivity index (χ2v) is 16.7. The summed E-state index contributed by atoms with van der Waals surface area (Å²) in [6, 6.07) is 2.01. The molecule has 8 amide bonds. The lowest BCUT2D eigenvalue weighted by Gasteiger charge is -2.30. The van der Waals surface area contributed by atoms with Crippen molar-refractivity contribution < 1.29 is 48.3 Å². The molecule has 20 nitrogen and oxygen atoms in total. The van der Waals surface area contributed by atoms with Crippen LogP contribution in [0.15, 0.2) is 30.5 Å². The molecule has 3 saturated heterocycles. The average molecular weight is 845 g/mol. The molecule has 1 aromatic heterocycles. The van der Waals surface area contributed by atoms with E-state index in [4.69, 9.17) is 5.73 Å². The van der Waals surface area contributed by atoms with Gasteiger partial charge in [0.25, 0.3) is 5.91 Å². The number of aromatic nitrogens is 1. The van der Waals surface area contributed by atoms with E-state index < -0.39 is 102 Å². The van der Waals surface area contributed by atoms with Crippen molar-refractivity contribution in [2.75, 3.05) is 37.7 Å². The average Bonchev–Trinajstić information content (AvgIpc) is 3.86. The lowest BCUT2D eigenvalue weighted by molar-refractivity contribution is -0.143. The number of carboxylic acid groups (broad SMARTS) is 1. The highest BCUT2D eigenvalue weighted by Gasteiger charge is 2.40. The Morgan fingerprint density at radius 2 is 1.64 bits per heavy atom. The van der Waals surface area contributed by atoms with Gasteiger partial charge in [-0.2, -0.15) is 0 Å². The predicted molar refractivity (Wildman–Crippen MR) is 212 cm³/mol. The maximum atomic E-state index is 14.3. The number of aromatic amines is 1. The zero-order valence-corrected chi connectivity index (χ0v) is 33.1. The van der Waals surface area contributed by atoms with Gasteiger partial charge in [-0.3, -0.25) is 43.2 Å². The van der Waals surface area contributed by atoms with E-state index in [1.54, 1.807) is 12.3 Å². The van der Waals surface area contributed by atoms with Crippen molar-refractivity contribution in [3.05, 3.63) is 36.0 Å². The van der Waals surface area contributed by atoms with Crippen LogP contribution in [0.3, 0.4) is 0 Å². The zero-order chi connectivity index (χ0) is 41.8. The Morgan fingerprint density at radius 1 is 0.879 bits per heavy atom. The van der Waals surface area contributed by atoms with Gasteiger partial charge in [0.1, 0.15) is 24.2 Å². The summed E-state index contributed by atoms with van der Waals surface area (Å²) in [5.41, 5.74) is 7.01. The van der Waals surface area contributed by atoms with Crippen LogP contribution in [-0.4, -0.2) is 136 Å². The fourth-order valence-corrected chi connectivity index (χ4v) is 9.08. The maximum absolute atomic E-state index is 14.3. The first-order valence-corrected chi connectivity index (χ1v) is 21.4. The summed E-state index contributed by atoms with van der Waals surface area (Å²) in [4.78, 5) is 123. The lowest BCUT2D eigenvalue weighted by atomic mass is 9.97. The molecule has 3 aliphatic heterocycles. The molecular formula is C36H48N10O10S2. The first-order valence-electron chi connectivity index (χ1n) is 18.9. The number of hydrogen-bond donors (Lipinski definition) is 10. The molecule has 1 aromatic carbocycles. The van der Waals surface area contributed by atoms with Gasteiger partial charge < -0.3 is 57.9 Å². The number of para-hydroxylation sites is 1. The number of nitrogens with two attached hydrogens (primary N) is 1. The van der Waals surface area contributed by atoms with Gasteiger partial charge in [0.15, 0.2) is 6.17 Å². The lowest BCUT2D eigenvalue weighted by Crippen LogP contribution is -2.60. The van der Waals surface area contributed by atoms with E-state index in [9.17, 15) is 48.3 Å². The van der Waals surface area contributed by atoms with Crippen LogP contribution in [0.4, 0.5) is 0 Å². The molecule has 5 atom stereocenters. The van der Waals surface area contributed by atoms with Crippen LogP contribution in [-0.2, 0) is 49.6 Å². The summed E-state index contributed by atoms with van der Waals surface area (Å²) in [6.45, 7) is 0.532. The summed E-state index contributed by atoms with van der Waals surface area (Å²) < 4.78 is 0. The first kappa shape index (κ1) is 43.8. The van der Waals surface area contributed by atoms with Gasteiger partial charge in [-0.05, 0) is 50.4 Å². The summed E-state index contributed by atoms with van der Waals surface area (Å²) in [5.74, 6) is -7.84. The van der Waals surface area contributed by atoms with Crippen LogP contribution in [0, 0.1) is 5.92 Å². The van der Waals surface area contributed by atoms with E-state index in [0.29, 0.717) is 37.9 Å². The number of amides is 8. The minimum atomic E-state index is -1.72. The number of H-pyrrole nitrogens is 1. The minimum Gasteiger partial charge on any atom is -0.481 e. The second-order valence-electron chi connectivity index (χ2n) is 14.1. The first-order chi connectivity index (χ1) is 27.8. The van der Waals surface area contributed by atoms with Gasteiger partial charge in [-0.25, -0.2) is 0 Å². The van der Waals surface area contributed by atoms with Crippen LogP contribution in [0.1, 0.15) is 44.1 Å². The van der Waals surface area contributed by atoms with Crippen LogP contribution in [0.5, 0.6) is 0 Å². The highest BCUT2D eigenvalue weighted by Crippen LogP contribution is 2.25. The van der Waals surface area contributed by atoms with Crippen molar-refractivity contribution in [3.8, 4) is 0 Å². The fraction of sp³-hybridized carbons (Fsp3) is 0.528. The largest absolute Gasteiger partial charge is 0.481 e. The molecule has 3 fully saturated rings. The number of piperidine rings is 1. The molecular weight excluding hydrogens is 797 g/mol. The van der Waals surface area contributed by atoms with Crippen molar-refractivity contribution in [2.24, 2.45) is 11.7 Å². The van der Waals surface area contributed by atoms with E-state index in [2.05, 4.69) is 42.2 Å². The molecule has 314 valence electrons. The SMILES string of the molecule is NC(=O)C1CSSCCC(=O)NC(NC(=O)C2CCNCC2)C(=O)NCC(=O)N[C@@H](CC(=O)O)C(=O)N[C@@H](Cc2c[nH]c3ccccc23)C(=O)N2CCC[C@H]2C(=O)N1. The summed E-state index contributed by atoms with van der Waals surface area (Å²) >= 11 is 0. The number of rotatable bonds is 7. The van der Waals surface area contributed by atoms with E-state index in [0.717, 1.165) is 21.7 Å². The van der Waals surface area contributed by atoms with Crippen LogP contribution in [0.25, 0.3) is 10.9 Å². The molecule has 0 aliphatic carbocycles. The van der Waals surface area contributed by atoms with Crippen molar-refractivity contribution in [1.82, 2.24) is 47.1 Å². The monoisotopic (exact) mass is 844 g/mol. The Hall–Kier alpha value is -5.35. The summed E-state index contributed by atoms with van der Waals surface area (Å²) in [7, 11) is 2.37. The highest BCUT2D eigenvalue weighted by molar-refractivity contribution is 8.76. The van der Waals surface area contributed by atoms with Gasteiger partial charge in [0.2, 0.25) is 41.4 Å². The number of carbonyl (C=O) groups excluding carboxylic acids is 8. The van der Waals surface area contributed by atoms with Gasteiger partial charge in [-0.1, -0.05) is 39.8 Å². The number of primary amides is 1. The number of hydrogen-bond acceptors (Lipinski definition) is 12. The maximum Gasteiger partial charge on any atom is 0.305 e. The standard InChI is InChI=1S/C36H48N10O10S2/c37-30(51)25-18-58-57-13-9-27(47)44-31(45-32(52)19-7-10-38-11-8-19)35(55)40-17-28(48)41-23(15-29(49)50)33(53)42-24(14-20-16-39-22-5-2-1-4-21(20)22)36(56)46-12-3-6-26(46)34(54)43-25/h1-2,4-5,16,19,23-26,31,38-39H,3,6-15,17-18H2,(H2,37,51)(H,40,55)(H,41,48)(H,42,53)(H,43,54)(H,44,47)(H,45,52)(H,49,50)/t23-,24-,25?,26-,31?/m0/s1. The number of aliphatic carboxylic acids is 1. The predicted octanol–water partition coefficient (Wildman–Crippen LogP) is -2.42. The molecule has 0 radical (unpaired) electrons. The number of carbonyl (C=O) groups is 9. The smallest absolute Gasteiger partial charge is 0.305 e. The third-order valence-corrected chi connectivity index (χ3v) is 12.4. The van der Waals surface area contributed by atoms with Crippen molar-refractivity contribution in [3.63, 3.8) is 0 Å². The van der Waals surface area contributed by atoms with Crippen LogP contribution < -0.4 is 43.0 Å². The van der Waals surface area contributed by atoms with Gasteiger partial charge in [-0.15, -0.1) is 0 Å². The second kappa shape index (κ2) is 20.9. The van der Waals surface area contributed by atoms with Gasteiger partial charge in [0, 0.05) is 53.9 Å². The Kier molecular flexibility index (Phi) is 15.8. The molecule has 5 rings (SSSR count). The molecule has 2 aromatic rings. The fourth-order valence-electron chi connectivity index (χ4n) is 6.91. The summed E-state index contributed by atoms with van der Waals surface area (Å²) in [6.07, 6.45) is 0.645. The third kappa shape index (κ3) is 12.1. The van der Waals surface area contributed by atoms with Gasteiger partial charge in [0.05, 0.1) is 13.0 Å². The molecule has 0 saturated carbocycles. The number of benzene rings is 1. The molecule has 22 heteroatoms. The van der Waals surface area contributed by atoms with E-state index >= 15 is 0 Å². The molecule has 3 aliphatic rings. The summed E-state index contributed by atoms with van der Waals surface area (Å²) in [5, 5.41) is 28.4. The molecule has 2 unspecified atom stereocenters. The quantitative estimate of drug-likeness (QED) is 0.130. The van der Waals surface area contributed by atoms with Gasteiger partial charge >= 0.3 is 5.97 Å². The van der Waals surface area contributed by atoms with Crippen LogP contribution in [0.2, 0.25) is 0 Å². The molecule has 11 N–H and O–H groups in total. The number of carboxylic acids is 1. The van der Waals surface area contributed by atoms with E-state index in [-0.39, 0.29) is 37.3 Å². The topological polar surface area (TPSA) is 303 Å². The number of nitrogens with one attached hydrogen (secondary N) is 8. The zero-order valence-electron chi connectivity index (χ0n) is 31.5. The highest BCUT2D eigenvalue weighted by atomic mass is 33.1. The minimum absolute atomic E-state index is 0.0244. The number of fused-ring (bicyclic) bond motifs is 2. The molecule has 4 heterocycles. The van der Waals surface area contributed by atoms with Crippen molar-refractivity contribution >= 4 is 85.7 Å². The normalized spacial score (nSPS) is 25.4. The van der Waals surface area contributed by atoms with Crippen LogP contribution >= 0.6 is 21.6 Å².